The molecule has 1 aromatic heterocycles. The Morgan fingerprint density at radius 2 is 1.44 bits per heavy atom. The molecule has 0 aliphatic carbocycles. The number of ether oxygens (including phenoxy) is 2. The summed E-state index contributed by atoms with van der Waals surface area (Å²) in [6.07, 6.45) is -1.05. The Balaban J connectivity index is 1.07. The van der Waals surface area contributed by atoms with Crippen LogP contribution in [0.25, 0.3) is 16.8 Å². The molecule has 1 aliphatic rings. The molecule has 3 N–H and O–H groups in total. The molecule has 1 saturated heterocycles. The van der Waals surface area contributed by atoms with Gasteiger partial charge in [0.25, 0.3) is 0 Å². The van der Waals surface area contributed by atoms with Gasteiger partial charge in [0.2, 0.25) is 5.16 Å². The highest BCUT2D eigenvalue weighted by atomic mass is 32.2. The number of hydrogen-bond donors (Lipinski definition) is 3. The van der Waals surface area contributed by atoms with Crippen molar-refractivity contribution in [1.29, 1.82) is 0 Å². The van der Waals surface area contributed by atoms with Crippen molar-refractivity contribution in [3.63, 3.8) is 0 Å². The molecule has 0 unspecified atom stereocenters. The highest BCUT2D eigenvalue weighted by Gasteiger charge is 2.38. The molecule has 1 aliphatic heterocycles. The first-order chi connectivity index (χ1) is 25.6. The number of carbonyl (C=O) groups is 1. The van der Waals surface area contributed by atoms with Crippen LogP contribution < -0.4 is 10.6 Å². The topological polar surface area (TPSA) is 123 Å². The molecular weight excluding hydrogens is 673 g/mol. The number of aromatic nitrogens is 4. The molecule has 11 heteroatoms. The predicted octanol–water partition coefficient (Wildman–Crippen LogP) is 7.40. The number of carbonyl (C=O) groups excluding carboxylic acids is 1. The summed E-state index contributed by atoms with van der Waals surface area (Å²) in [5, 5.41) is 28.7. The van der Waals surface area contributed by atoms with Gasteiger partial charge in [0.1, 0.15) is 0 Å². The van der Waals surface area contributed by atoms with Crippen molar-refractivity contribution in [2.75, 3.05) is 5.75 Å². The van der Waals surface area contributed by atoms with Gasteiger partial charge in [-0.05, 0) is 55.9 Å². The molecule has 0 bridgehead atoms. The monoisotopic (exact) mass is 712 g/mol. The Kier molecular flexibility index (Phi) is 11.3. The fraction of sp³-hybridized carbons (Fsp3) is 0.220. The van der Waals surface area contributed by atoms with Crippen LogP contribution in [0.5, 0.6) is 0 Å². The van der Waals surface area contributed by atoms with E-state index in [0.717, 1.165) is 44.6 Å². The van der Waals surface area contributed by atoms with Crippen LogP contribution in [0.1, 0.15) is 47.1 Å². The number of hydrogen-bond acceptors (Lipinski definition) is 8. The van der Waals surface area contributed by atoms with Crippen LogP contribution in [-0.4, -0.2) is 43.2 Å². The van der Waals surface area contributed by atoms with E-state index in [2.05, 4.69) is 51.3 Å². The second-order valence-electron chi connectivity index (χ2n) is 12.6. The van der Waals surface area contributed by atoms with E-state index in [1.54, 1.807) is 16.4 Å². The van der Waals surface area contributed by atoms with Crippen LogP contribution in [0.2, 0.25) is 0 Å². The van der Waals surface area contributed by atoms with Crippen LogP contribution in [0.4, 0.5) is 4.79 Å². The van der Waals surface area contributed by atoms with Gasteiger partial charge in [0.05, 0.1) is 24.5 Å². The number of amides is 2. The minimum Gasteiger partial charge on any atom is -0.392 e. The lowest BCUT2D eigenvalue weighted by atomic mass is 9.91. The zero-order valence-electron chi connectivity index (χ0n) is 28.7. The predicted molar refractivity (Wildman–Crippen MR) is 200 cm³/mol. The second-order valence-corrected chi connectivity index (χ2v) is 13.6. The number of tetrazole rings is 1. The van der Waals surface area contributed by atoms with Crippen LogP contribution in [0, 0.1) is 5.92 Å². The summed E-state index contributed by atoms with van der Waals surface area (Å²) in [4.78, 5) is 12.6. The van der Waals surface area contributed by atoms with Crippen molar-refractivity contribution in [3.8, 4) is 16.8 Å². The Morgan fingerprint density at radius 1 is 0.769 bits per heavy atom. The number of nitrogens with zero attached hydrogens (tertiary/aromatic N) is 4. The molecule has 0 radical (unpaired) electrons. The number of aliphatic hydroxyl groups excluding tert-OH is 1. The van der Waals surface area contributed by atoms with Crippen molar-refractivity contribution in [1.82, 2.24) is 30.8 Å². The Hall–Kier alpha value is -5.33. The molecule has 7 rings (SSSR count). The molecular formula is C41H40N6O4S. The second kappa shape index (κ2) is 16.8. The van der Waals surface area contributed by atoms with Gasteiger partial charge >= 0.3 is 6.03 Å². The highest BCUT2D eigenvalue weighted by molar-refractivity contribution is 7.99. The quantitative estimate of drug-likeness (QED) is 0.112. The Morgan fingerprint density at radius 3 is 2.19 bits per heavy atom. The molecule has 52 heavy (non-hydrogen) atoms. The van der Waals surface area contributed by atoms with Gasteiger partial charge in [0.15, 0.2) is 6.29 Å². The standard InChI is InChI=1S/C41H40N6O4S/c1-28-37(27-52-41-44-45-46-47(41)35-13-6-3-7-14-35)50-39(51-38(28)32-18-16-30(26-48)17-19-32)33-22-20-31(21-23-33)36-15-9-8-12-34(36)25-43-40(49)42-24-29-10-4-2-5-11-29/h2-23,28,37-39,48H,24-27H2,1H3,(H2,42,43,49)/t28-,37+,38+,39+/m0/s1. The van der Waals surface area contributed by atoms with E-state index in [1.165, 1.54) is 0 Å². The van der Waals surface area contributed by atoms with E-state index in [0.29, 0.717) is 24.0 Å². The molecule has 0 spiro atoms. The number of rotatable bonds is 12. The van der Waals surface area contributed by atoms with Crippen LogP contribution in [-0.2, 0) is 29.2 Å². The molecule has 264 valence electrons. The van der Waals surface area contributed by atoms with Gasteiger partial charge in [-0.1, -0.05) is 140 Å². The Labute approximate surface area is 307 Å². The summed E-state index contributed by atoms with van der Waals surface area (Å²) >= 11 is 1.55. The minimum atomic E-state index is -0.617. The fourth-order valence-electron chi connectivity index (χ4n) is 6.26. The van der Waals surface area contributed by atoms with Crippen molar-refractivity contribution in [2.24, 2.45) is 5.92 Å². The molecule has 4 atom stereocenters. The third-order valence-electron chi connectivity index (χ3n) is 9.19. The lowest BCUT2D eigenvalue weighted by Crippen LogP contribution is -2.38. The SMILES string of the molecule is C[C@H]1[C@@H](CSc2nnnn2-c2ccccc2)O[C@@H](c2ccc(-c3ccccc3CNC(=O)NCc3ccccc3)cc2)O[C@H]1c1ccc(CO)cc1. The molecule has 2 amide bonds. The summed E-state index contributed by atoms with van der Waals surface area (Å²) in [6, 6.07) is 43.6. The normalized spacial score (nSPS) is 18.5. The maximum Gasteiger partial charge on any atom is 0.315 e. The van der Waals surface area contributed by atoms with Crippen molar-refractivity contribution in [2.45, 2.75) is 50.3 Å². The minimum absolute atomic E-state index is 0.00771. The zero-order chi connectivity index (χ0) is 35.7. The zero-order valence-corrected chi connectivity index (χ0v) is 29.5. The maximum atomic E-state index is 12.6. The summed E-state index contributed by atoms with van der Waals surface area (Å²) in [5.41, 5.74) is 7.75. The van der Waals surface area contributed by atoms with E-state index in [4.69, 9.17) is 9.47 Å². The van der Waals surface area contributed by atoms with Crippen LogP contribution in [0.15, 0.2) is 139 Å². The average molecular weight is 713 g/mol. The third kappa shape index (κ3) is 8.41. The molecule has 2 heterocycles. The summed E-state index contributed by atoms with van der Waals surface area (Å²) in [6.45, 7) is 2.97. The first-order valence-corrected chi connectivity index (χ1v) is 18.3. The smallest absolute Gasteiger partial charge is 0.315 e. The first kappa shape index (κ1) is 35.1. The lowest BCUT2D eigenvalue weighted by molar-refractivity contribution is -0.268. The summed E-state index contributed by atoms with van der Waals surface area (Å²) < 4.78 is 15.1. The van der Waals surface area contributed by atoms with Crippen LogP contribution in [0.3, 0.4) is 0 Å². The number of para-hydroxylation sites is 1. The van der Waals surface area contributed by atoms with E-state index in [9.17, 15) is 9.90 Å². The van der Waals surface area contributed by atoms with E-state index in [-0.39, 0.29) is 30.8 Å². The lowest BCUT2D eigenvalue weighted by Gasteiger charge is -2.41. The largest absolute Gasteiger partial charge is 0.392 e. The van der Waals surface area contributed by atoms with Gasteiger partial charge in [0, 0.05) is 30.3 Å². The molecule has 1 fully saturated rings. The van der Waals surface area contributed by atoms with Gasteiger partial charge in [-0.25, -0.2) is 4.79 Å². The third-order valence-corrected chi connectivity index (χ3v) is 10.2. The summed E-state index contributed by atoms with van der Waals surface area (Å²) in [7, 11) is 0. The van der Waals surface area contributed by atoms with Crippen molar-refractivity contribution >= 4 is 17.8 Å². The van der Waals surface area contributed by atoms with E-state index < -0.39 is 6.29 Å². The van der Waals surface area contributed by atoms with Crippen molar-refractivity contribution in [3.05, 3.63) is 161 Å². The molecule has 0 saturated carbocycles. The maximum absolute atomic E-state index is 12.6. The average Bonchev–Trinajstić information content (AvgIpc) is 3.69. The number of aliphatic hydroxyl groups is 1. The summed E-state index contributed by atoms with van der Waals surface area (Å²) in [5.74, 6) is 0.616. The number of urea groups is 1. The first-order valence-electron chi connectivity index (χ1n) is 17.3. The highest BCUT2D eigenvalue weighted by Crippen LogP contribution is 2.43. The number of nitrogens with one attached hydrogen (secondary N) is 2. The van der Waals surface area contributed by atoms with E-state index >= 15 is 0 Å². The van der Waals surface area contributed by atoms with Gasteiger partial charge in [-0.2, -0.15) is 4.68 Å². The Bertz CT molecular complexity index is 2040. The number of thioether (sulfide) groups is 1. The van der Waals surface area contributed by atoms with Crippen molar-refractivity contribution < 1.29 is 19.4 Å². The van der Waals surface area contributed by atoms with Gasteiger partial charge in [-0.3, -0.25) is 0 Å². The van der Waals surface area contributed by atoms with Crippen LogP contribution >= 0.6 is 11.8 Å². The fourth-order valence-corrected chi connectivity index (χ4v) is 7.31. The van der Waals surface area contributed by atoms with Gasteiger partial charge in [-0.15, -0.1) is 5.10 Å². The number of benzene rings is 5. The molecule has 6 aromatic rings. The van der Waals surface area contributed by atoms with Gasteiger partial charge < -0.3 is 25.2 Å². The molecule has 5 aromatic carbocycles. The van der Waals surface area contributed by atoms with E-state index in [1.807, 2.05) is 115 Å². The molecule has 10 nitrogen and oxygen atoms in total.